The van der Waals surface area contributed by atoms with E-state index in [9.17, 15) is 14.4 Å². The Bertz CT molecular complexity index is 1340. The number of hydrogen-bond donors (Lipinski definition) is 1. The minimum absolute atomic E-state index is 0.0998. The van der Waals surface area contributed by atoms with Gasteiger partial charge in [-0.3, -0.25) is 9.59 Å². The molecule has 1 aromatic carbocycles. The van der Waals surface area contributed by atoms with E-state index in [0.29, 0.717) is 29.0 Å². The van der Waals surface area contributed by atoms with Gasteiger partial charge in [-0.25, -0.2) is 4.79 Å². The summed E-state index contributed by atoms with van der Waals surface area (Å²) in [5.41, 5.74) is 2.91. The van der Waals surface area contributed by atoms with Gasteiger partial charge in [0.1, 0.15) is 11.7 Å². The SMILES string of the molecule is CCOC(=O)C1=C(C)NC2=C(C(=O)[C@H](C(=O)OCC)[C@H](c3cccc(OC)c3)C2)[C@@H]1c1ccc(C(C)(C)C)s1. The largest absolute Gasteiger partial charge is 0.497 e. The molecular formula is C31H37NO6S. The van der Waals surface area contributed by atoms with Crippen LogP contribution in [-0.2, 0) is 29.3 Å². The summed E-state index contributed by atoms with van der Waals surface area (Å²) >= 11 is 1.58. The number of esters is 2. The van der Waals surface area contributed by atoms with E-state index in [1.54, 1.807) is 32.3 Å². The molecule has 0 spiro atoms. The van der Waals surface area contributed by atoms with Crippen molar-refractivity contribution < 1.29 is 28.6 Å². The first-order chi connectivity index (χ1) is 18.5. The van der Waals surface area contributed by atoms with Gasteiger partial charge in [-0.15, -0.1) is 11.3 Å². The fourth-order valence-electron chi connectivity index (χ4n) is 5.40. The fraction of sp³-hybridized carbons (Fsp3) is 0.452. The van der Waals surface area contributed by atoms with E-state index < -0.39 is 29.7 Å². The first-order valence-electron chi connectivity index (χ1n) is 13.3. The summed E-state index contributed by atoms with van der Waals surface area (Å²) in [6.07, 6.45) is 0.402. The van der Waals surface area contributed by atoms with E-state index in [2.05, 4.69) is 32.2 Å². The van der Waals surface area contributed by atoms with Crippen LogP contribution < -0.4 is 10.1 Å². The lowest BCUT2D eigenvalue weighted by molar-refractivity contribution is -0.152. The normalized spacial score (nSPS) is 21.3. The highest BCUT2D eigenvalue weighted by molar-refractivity contribution is 7.12. The molecule has 1 aliphatic carbocycles. The molecule has 0 amide bonds. The number of rotatable bonds is 7. The topological polar surface area (TPSA) is 90.9 Å². The maximum Gasteiger partial charge on any atom is 0.336 e. The van der Waals surface area contributed by atoms with E-state index >= 15 is 0 Å². The predicted molar refractivity (Wildman–Crippen MR) is 151 cm³/mol. The summed E-state index contributed by atoms with van der Waals surface area (Å²) in [6.45, 7) is 12.1. The number of thiophene rings is 1. The number of allylic oxidation sites excluding steroid dienone is 3. The molecule has 2 aromatic rings. The molecule has 1 N–H and O–H groups in total. The molecule has 1 aromatic heterocycles. The third-order valence-corrected chi connectivity index (χ3v) is 8.80. The Morgan fingerprint density at radius 3 is 2.41 bits per heavy atom. The number of ketones is 1. The van der Waals surface area contributed by atoms with Crippen molar-refractivity contribution in [3.05, 3.63) is 74.3 Å². The predicted octanol–water partition coefficient (Wildman–Crippen LogP) is 5.77. The summed E-state index contributed by atoms with van der Waals surface area (Å²) in [7, 11) is 1.58. The van der Waals surface area contributed by atoms with Crippen molar-refractivity contribution in [3.63, 3.8) is 0 Å². The van der Waals surface area contributed by atoms with Crippen molar-refractivity contribution in [1.82, 2.24) is 5.32 Å². The van der Waals surface area contributed by atoms with Gasteiger partial charge in [-0.1, -0.05) is 32.9 Å². The van der Waals surface area contributed by atoms with Crippen LogP contribution in [-0.4, -0.2) is 38.0 Å². The van der Waals surface area contributed by atoms with Gasteiger partial charge >= 0.3 is 11.9 Å². The van der Waals surface area contributed by atoms with Crippen LogP contribution in [0, 0.1) is 5.92 Å². The average molecular weight is 552 g/mol. The highest BCUT2D eigenvalue weighted by atomic mass is 32.1. The van der Waals surface area contributed by atoms with Crippen molar-refractivity contribution in [3.8, 4) is 5.75 Å². The molecule has 1 aliphatic heterocycles. The zero-order chi connectivity index (χ0) is 28.5. The standard InChI is InChI=1S/C31H37NO6S/c1-8-37-29(34)24-17(3)32-21-16-20(18-11-10-12-19(15-18)36-7)25(30(35)38-9-2)28(33)26(21)27(24)22-13-14-23(39-22)31(4,5)6/h10-15,20,25,27,32H,8-9,16H2,1-7H3/t20-,25+,27+/m0/s1. The molecule has 2 aliphatic rings. The van der Waals surface area contributed by atoms with Crippen LogP contribution in [0.1, 0.15) is 75.1 Å². The highest BCUT2D eigenvalue weighted by Crippen LogP contribution is 2.50. The first kappa shape index (κ1) is 28.6. The molecule has 39 heavy (non-hydrogen) atoms. The second-order valence-corrected chi connectivity index (χ2v) is 12.0. The molecule has 7 nitrogen and oxygen atoms in total. The second-order valence-electron chi connectivity index (χ2n) is 10.8. The number of hydrogen-bond acceptors (Lipinski definition) is 8. The summed E-state index contributed by atoms with van der Waals surface area (Å²) in [4.78, 5) is 43.1. The van der Waals surface area contributed by atoms with E-state index in [4.69, 9.17) is 14.2 Å². The number of ether oxygens (including phenoxy) is 3. The van der Waals surface area contributed by atoms with Gasteiger partial charge in [0.2, 0.25) is 0 Å². The van der Waals surface area contributed by atoms with Gasteiger partial charge in [0.05, 0.1) is 31.8 Å². The smallest absolute Gasteiger partial charge is 0.336 e. The number of carbonyl (C=O) groups is 3. The Hall–Kier alpha value is -3.39. The zero-order valence-electron chi connectivity index (χ0n) is 23.7. The lowest BCUT2D eigenvalue weighted by Crippen LogP contribution is -2.43. The van der Waals surface area contributed by atoms with Crippen LogP contribution in [0.3, 0.4) is 0 Å². The maximum atomic E-state index is 14.4. The Morgan fingerprint density at radius 1 is 1.08 bits per heavy atom. The second kappa shape index (κ2) is 11.4. The maximum absolute atomic E-state index is 14.4. The van der Waals surface area contributed by atoms with Crippen molar-refractivity contribution >= 4 is 29.1 Å². The molecule has 4 rings (SSSR count). The molecule has 0 bridgehead atoms. The van der Waals surface area contributed by atoms with Crippen molar-refractivity contribution in [1.29, 1.82) is 0 Å². The third kappa shape index (κ3) is 5.53. The Labute approximate surface area is 234 Å². The summed E-state index contributed by atoms with van der Waals surface area (Å²) < 4.78 is 16.3. The third-order valence-electron chi connectivity index (χ3n) is 7.23. The Morgan fingerprint density at radius 2 is 1.79 bits per heavy atom. The van der Waals surface area contributed by atoms with Crippen LogP contribution in [0.2, 0.25) is 0 Å². The van der Waals surface area contributed by atoms with Gasteiger partial charge in [0.25, 0.3) is 0 Å². The molecule has 8 heteroatoms. The molecule has 0 fully saturated rings. The van der Waals surface area contributed by atoms with Crippen LogP contribution in [0.15, 0.2) is 58.9 Å². The first-order valence-corrected chi connectivity index (χ1v) is 14.2. The van der Waals surface area contributed by atoms with E-state index in [0.717, 1.165) is 21.0 Å². The van der Waals surface area contributed by atoms with E-state index in [1.807, 2.05) is 37.3 Å². The van der Waals surface area contributed by atoms with E-state index in [1.165, 1.54) is 0 Å². The molecule has 0 saturated heterocycles. The number of dihydropyridines is 1. The quantitative estimate of drug-likeness (QED) is 0.345. The van der Waals surface area contributed by atoms with Crippen molar-refractivity contribution in [2.45, 2.75) is 65.2 Å². The van der Waals surface area contributed by atoms with Crippen molar-refractivity contribution in [2.24, 2.45) is 5.92 Å². The number of carbonyl (C=O) groups excluding carboxylic acids is 3. The van der Waals surface area contributed by atoms with Crippen molar-refractivity contribution in [2.75, 3.05) is 20.3 Å². The number of Topliss-reactive ketones (excluding diaryl/α,β-unsaturated/α-hetero) is 1. The van der Waals surface area contributed by atoms with Gasteiger partial charge < -0.3 is 19.5 Å². The van der Waals surface area contributed by atoms with Gasteiger partial charge in [-0.2, -0.15) is 0 Å². The van der Waals surface area contributed by atoms with Crippen LogP contribution >= 0.6 is 11.3 Å². The summed E-state index contributed by atoms with van der Waals surface area (Å²) in [5, 5.41) is 3.35. The Balaban J connectivity index is 1.90. The molecule has 208 valence electrons. The van der Waals surface area contributed by atoms with E-state index in [-0.39, 0.29) is 24.4 Å². The van der Waals surface area contributed by atoms with Crippen LogP contribution in [0.4, 0.5) is 0 Å². The minimum Gasteiger partial charge on any atom is -0.497 e. The molecule has 0 radical (unpaired) electrons. The molecular weight excluding hydrogens is 514 g/mol. The molecule has 3 atom stereocenters. The van der Waals surface area contributed by atoms with Gasteiger partial charge in [0.15, 0.2) is 5.78 Å². The van der Waals surface area contributed by atoms with Crippen LogP contribution in [0.5, 0.6) is 5.75 Å². The highest BCUT2D eigenvalue weighted by Gasteiger charge is 2.49. The van der Waals surface area contributed by atoms with Gasteiger partial charge in [0, 0.05) is 32.6 Å². The fourth-order valence-corrected chi connectivity index (χ4v) is 6.58. The molecule has 0 unspecified atom stereocenters. The molecule has 0 saturated carbocycles. The summed E-state index contributed by atoms with van der Waals surface area (Å²) in [6, 6.07) is 11.5. The lowest BCUT2D eigenvalue weighted by Gasteiger charge is -2.39. The number of methoxy groups -OCH3 is 1. The van der Waals surface area contributed by atoms with Gasteiger partial charge in [-0.05, 0) is 62.4 Å². The lowest BCUT2D eigenvalue weighted by atomic mass is 9.68. The minimum atomic E-state index is -1.05. The zero-order valence-corrected chi connectivity index (χ0v) is 24.5. The number of nitrogens with one attached hydrogen (secondary N) is 1. The summed E-state index contributed by atoms with van der Waals surface area (Å²) in [5.74, 6) is -2.87. The monoisotopic (exact) mass is 551 g/mol. The molecule has 2 heterocycles. The Kier molecular flexibility index (Phi) is 8.35. The number of benzene rings is 1. The van der Waals surface area contributed by atoms with Crippen LogP contribution in [0.25, 0.3) is 0 Å². The average Bonchev–Trinajstić information content (AvgIpc) is 3.39.